The van der Waals surface area contributed by atoms with Crippen molar-refractivity contribution in [3.05, 3.63) is 0 Å². The van der Waals surface area contributed by atoms with E-state index < -0.39 is 17.4 Å². The largest absolute Gasteiger partial charge is 0.388 e. The molecule has 1 unspecified atom stereocenters. The quantitative estimate of drug-likeness (QED) is 0.493. The molecule has 0 spiro atoms. The summed E-state index contributed by atoms with van der Waals surface area (Å²) in [5.41, 5.74) is -1.03. The summed E-state index contributed by atoms with van der Waals surface area (Å²) in [4.78, 5) is 25.5. The van der Waals surface area contributed by atoms with E-state index >= 15 is 0 Å². The van der Waals surface area contributed by atoms with Crippen LogP contribution in [0, 0.1) is 0 Å². The molecule has 2 amide bonds. The van der Waals surface area contributed by atoms with Crippen LogP contribution >= 0.6 is 0 Å². The molecular weight excluding hydrogens is 214 g/mol. The average molecular weight is 229 g/mol. The first kappa shape index (κ1) is 12.6. The van der Waals surface area contributed by atoms with Gasteiger partial charge in [0.15, 0.2) is 0 Å². The van der Waals surface area contributed by atoms with Crippen LogP contribution in [0.4, 0.5) is 0 Å². The van der Waals surface area contributed by atoms with Crippen molar-refractivity contribution in [3.8, 4) is 0 Å². The molecule has 0 saturated carbocycles. The molecular formula is C9H15N3O4. The molecule has 7 nitrogen and oxygen atoms in total. The predicted molar refractivity (Wildman–Crippen MR) is 55.7 cm³/mol. The van der Waals surface area contributed by atoms with E-state index in [9.17, 15) is 14.7 Å². The third kappa shape index (κ3) is 3.59. The SMILES string of the molecule is COCCC(C)(O)CN=C1NC(=O)C(=O)N1. The lowest BCUT2D eigenvalue weighted by atomic mass is 10.0. The second-order valence-corrected chi connectivity index (χ2v) is 3.81. The maximum Gasteiger partial charge on any atom is 0.316 e. The zero-order valence-electron chi connectivity index (χ0n) is 9.24. The second kappa shape index (κ2) is 5.04. The number of nitrogens with one attached hydrogen (secondary N) is 2. The summed E-state index contributed by atoms with van der Waals surface area (Å²) in [6.45, 7) is 2.09. The number of rotatable bonds is 5. The Labute approximate surface area is 92.9 Å². The molecule has 1 saturated heterocycles. The number of aliphatic imine (C=N–C) groups is 1. The highest BCUT2D eigenvalue weighted by Crippen LogP contribution is 2.09. The van der Waals surface area contributed by atoms with Crippen molar-refractivity contribution in [1.82, 2.24) is 10.6 Å². The lowest BCUT2D eigenvalue weighted by Gasteiger charge is -2.20. The number of amides is 2. The van der Waals surface area contributed by atoms with E-state index in [1.54, 1.807) is 14.0 Å². The fourth-order valence-electron chi connectivity index (χ4n) is 1.09. The predicted octanol–water partition coefficient (Wildman–Crippen LogP) is -1.62. The van der Waals surface area contributed by atoms with Gasteiger partial charge < -0.3 is 9.84 Å². The van der Waals surface area contributed by atoms with Crippen molar-refractivity contribution in [1.29, 1.82) is 0 Å². The summed E-state index contributed by atoms with van der Waals surface area (Å²) in [7, 11) is 1.54. The van der Waals surface area contributed by atoms with Gasteiger partial charge in [0, 0.05) is 20.1 Å². The first-order valence-electron chi connectivity index (χ1n) is 4.83. The van der Waals surface area contributed by atoms with Crippen LogP contribution in [-0.4, -0.2) is 48.7 Å². The highest BCUT2D eigenvalue weighted by molar-refractivity contribution is 6.45. The number of hydrogen-bond acceptors (Lipinski definition) is 5. The zero-order chi connectivity index (χ0) is 12.2. The number of carbonyl (C=O) groups is 2. The van der Waals surface area contributed by atoms with Gasteiger partial charge in [0.05, 0.1) is 12.1 Å². The van der Waals surface area contributed by atoms with E-state index in [-0.39, 0.29) is 12.5 Å². The van der Waals surface area contributed by atoms with Crippen molar-refractivity contribution in [2.45, 2.75) is 18.9 Å². The highest BCUT2D eigenvalue weighted by Gasteiger charge is 2.26. The Hall–Kier alpha value is -1.47. The molecule has 90 valence electrons. The molecule has 1 atom stereocenters. The van der Waals surface area contributed by atoms with Crippen LogP contribution < -0.4 is 10.6 Å². The topological polar surface area (TPSA) is 100 Å². The lowest BCUT2D eigenvalue weighted by Crippen LogP contribution is -2.33. The van der Waals surface area contributed by atoms with E-state index in [4.69, 9.17) is 4.74 Å². The van der Waals surface area contributed by atoms with Gasteiger partial charge in [0.25, 0.3) is 0 Å². The minimum absolute atomic E-state index is 0.0756. The minimum Gasteiger partial charge on any atom is -0.388 e. The lowest BCUT2D eigenvalue weighted by molar-refractivity contribution is -0.135. The van der Waals surface area contributed by atoms with Gasteiger partial charge in [0.1, 0.15) is 0 Å². The third-order valence-electron chi connectivity index (χ3n) is 2.09. The number of methoxy groups -OCH3 is 1. The van der Waals surface area contributed by atoms with Crippen molar-refractivity contribution in [2.24, 2.45) is 4.99 Å². The van der Waals surface area contributed by atoms with Gasteiger partial charge in [-0.25, -0.2) is 4.99 Å². The van der Waals surface area contributed by atoms with Crippen molar-refractivity contribution in [2.75, 3.05) is 20.3 Å². The molecule has 0 aromatic rings. The third-order valence-corrected chi connectivity index (χ3v) is 2.09. The molecule has 1 rings (SSSR count). The Morgan fingerprint density at radius 2 is 1.94 bits per heavy atom. The summed E-state index contributed by atoms with van der Waals surface area (Å²) in [6, 6.07) is 0. The van der Waals surface area contributed by atoms with Gasteiger partial charge >= 0.3 is 11.8 Å². The number of carbonyl (C=O) groups excluding carboxylic acids is 2. The van der Waals surface area contributed by atoms with Crippen LogP contribution in [0.1, 0.15) is 13.3 Å². The van der Waals surface area contributed by atoms with E-state index in [0.717, 1.165) is 0 Å². The first-order chi connectivity index (χ1) is 7.44. The van der Waals surface area contributed by atoms with Crippen LogP contribution in [0.15, 0.2) is 4.99 Å². The number of aliphatic hydroxyl groups is 1. The Morgan fingerprint density at radius 3 is 2.44 bits per heavy atom. The molecule has 0 radical (unpaired) electrons. The first-order valence-corrected chi connectivity index (χ1v) is 4.83. The molecule has 7 heteroatoms. The molecule has 1 aliphatic heterocycles. The Bertz CT molecular complexity index is 307. The maximum atomic E-state index is 10.8. The van der Waals surface area contributed by atoms with E-state index in [0.29, 0.717) is 13.0 Å². The van der Waals surface area contributed by atoms with Crippen LogP contribution in [0.2, 0.25) is 0 Å². The minimum atomic E-state index is -1.03. The van der Waals surface area contributed by atoms with Crippen LogP contribution in [0.3, 0.4) is 0 Å². The zero-order valence-corrected chi connectivity index (χ0v) is 9.24. The number of nitrogens with zero attached hydrogens (tertiary/aromatic N) is 1. The van der Waals surface area contributed by atoms with Crippen molar-refractivity contribution >= 4 is 17.8 Å². The summed E-state index contributed by atoms with van der Waals surface area (Å²) < 4.78 is 4.84. The Kier molecular flexibility index (Phi) is 3.97. The molecule has 16 heavy (non-hydrogen) atoms. The maximum absolute atomic E-state index is 10.8. The number of ether oxygens (including phenoxy) is 1. The van der Waals surface area contributed by atoms with Crippen molar-refractivity contribution < 1.29 is 19.4 Å². The standard InChI is InChI=1S/C9H15N3O4/c1-9(15,3-4-16-2)5-10-8-11-6(13)7(14)12-8/h15H,3-5H2,1-2H3,(H2,10,11,12,13,14). The molecule has 0 aliphatic carbocycles. The molecule has 0 bridgehead atoms. The fourth-order valence-corrected chi connectivity index (χ4v) is 1.09. The number of guanidine groups is 1. The molecule has 1 heterocycles. The normalized spacial score (nSPS) is 19.1. The molecule has 1 aliphatic rings. The van der Waals surface area contributed by atoms with Gasteiger partial charge in [-0.1, -0.05) is 0 Å². The van der Waals surface area contributed by atoms with E-state index in [1.165, 1.54) is 0 Å². The average Bonchev–Trinajstić information content (AvgIpc) is 2.53. The van der Waals surface area contributed by atoms with Crippen LogP contribution in [0.25, 0.3) is 0 Å². The molecule has 0 aromatic carbocycles. The smallest absolute Gasteiger partial charge is 0.316 e. The highest BCUT2D eigenvalue weighted by atomic mass is 16.5. The second-order valence-electron chi connectivity index (χ2n) is 3.81. The van der Waals surface area contributed by atoms with Crippen molar-refractivity contribution in [3.63, 3.8) is 0 Å². The molecule has 3 N–H and O–H groups in total. The monoisotopic (exact) mass is 229 g/mol. The van der Waals surface area contributed by atoms with E-state index in [2.05, 4.69) is 15.6 Å². The van der Waals surface area contributed by atoms with Gasteiger partial charge in [-0.05, 0) is 6.92 Å². The van der Waals surface area contributed by atoms with E-state index in [1.807, 2.05) is 0 Å². The molecule has 0 aromatic heterocycles. The van der Waals surface area contributed by atoms with Crippen LogP contribution in [0.5, 0.6) is 0 Å². The summed E-state index contributed by atoms with van der Waals surface area (Å²) in [6.07, 6.45) is 0.419. The Balaban J connectivity index is 2.47. The summed E-state index contributed by atoms with van der Waals surface area (Å²) >= 11 is 0. The van der Waals surface area contributed by atoms with Gasteiger partial charge in [-0.3, -0.25) is 20.2 Å². The number of hydrogen-bond donors (Lipinski definition) is 3. The van der Waals surface area contributed by atoms with Crippen LogP contribution in [-0.2, 0) is 14.3 Å². The van der Waals surface area contributed by atoms with Gasteiger partial charge in [-0.2, -0.15) is 0 Å². The summed E-state index contributed by atoms with van der Waals surface area (Å²) in [5.74, 6) is -1.40. The van der Waals surface area contributed by atoms with Gasteiger partial charge in [0.2, 0.25) is 5.96 Å². The fraction of sp³-hybridized carbons (Fsp3) is 0.667. The molecule has 1 fully saturated rings. The van der Waals surface area contributed by atoms with Gasteiger partial charge in [-0.15, -0.1) is 0 Å². The summed E-state index contributed by atoms with van der Waals surface area (Å²) in [5, 5.41) is 14.3. The Morgan fingerprint density at radius 1 is 1.38 bits per heavy atom.